The number of aliphatic hydroxyl groups excluding tert-OH is 1. The predicted octanol–water partition coefficient (Wildman–Crippen LogP) is 1.40. The lowest BCUT2D eigenvalue weighted by atomic mass is 10.2. The number of aliphatic hydroxyl groups is 1. The zero-order valence-corrected chi connectivity index (χ0v) is 16.4. The number of carbonyl (C=O) groups excluding carboxylic acids is 1. The van der Waals surface area contributed by atoms with Gasteiger partial charge in [-0.2, -0.15) is 5.10 Å². The van der Waals surface area contributed by atoms with Gasteiger partial charge < -0.3 is 20.5 Å². The Morgan fingerprint density at radius 3 is 2.62 bits per heavy atom. The van der Waals surface area contributed by atoms with Crippen LogP contribution in [0.15, 0.2) is 48.7 Å². The summed E-state index contributed by atoms with van der Waals surface area (Å²) in [6.45, 7) is 2.73. The Morgan fingerprint density at radius 1 is 1.21 bits per heavy atom. The molecule has 1 unspecified atom stereocenters. The average Bonchev–Trinajstić information content (AvgIpc) is 3.14. The number of carbonyl (C=O) groups is 1. The van der Waals surface area contributed by atoms with Gasteiger partial charge in [-0.1, -0.05) is 18.2 Å². The van der Waals surface area contributed by atoms with E-state index in [0.29, 0.717) is 49.7 Å². The van der Waals surface area contributed by atoms with Crippen molar-refractivity contribution in [3.63, 3.8) is 0 Å². The van der Waals surface area contributed by atoms with Crippen molar-refractivity contribution in [3.8, 4) is 5.75 Å². The Labute approximate surface area is 169 Å². The van der Waals surface area contributed by atoms with Crippen LogP contribution in [-0.4, -0.2) is 70.1 Å². The summed E-state index contributed by atoms with van der Waals surface area (Å²) in [5, 5.41) is 16.1. The first-order valence-corrected chi connectivity index (χ1v) is 9.62. The van der Waals surface area contributed by atoms with Gasteiger partial charge in [0.2, 0.25) is 0 Å². The van der Waals surface area contributed by atoms with Crippen molar-refractivity contribution in [1.29, 1.82) is 0 Å². The molecule has 1 fully saturated rings. The van der Waals surface area contributed by atoms with E-state index >= 15 is 0 Å². The van der Waals surface area contributed by atoms with Crippen molar-refractivity contribution in [2.75, 3.05) is 39.0 Å². The Bertz CT molecular complexity index is 996. The van der Waals surface area contributed by atoms with Crippen LogP contribution in [0.2, 0.25) is 0 Å². The molecule has 1 saturated heterocycles. The van der Waals surface area contributed by atoms with Gasteiger partial charge in [0.1, 0.15) is 12.0 Å². The molecule has 0 aliphatic carbocycles. The number of nitrogens with zero attached hydrogens (tertiary/aromatic N) is 4. The molecule has 4 rings (SSSR count). The highest BCUT2D eigenvalue weighted by Crippen LogP contribution is 2.27. The summed E-state index contributed by atoms with van der Waals surface area (Å²) in [6, 6.07) is 12.9. The number of amides is 1. The van der Waals surface area contributed by atoms with Crippen LogP contribution in [0.5, 0.6) is 5.75 Å². The van der Waals surface area contributed by atoms with Gasteiger partial charge in [-0.3, -0.25) is 14.4 Å². The van der Waals surface area contributed by atoms with Crippen molar-refractivity contribution >= 4 is 22.5 Å². The summed E-state index contributed by atoms with van der Waals surface area (Å²) in [6.07, 6.45) is 1.18. The predicted molar refractivity (Wildman–Crippen MR) is 111 cm³/mol. The van der Waals surface area contributed by atoms with Crippen LogP contribution in [0.1, 0.15) is 10.4 Å². The van der Waals surface area contributed by atoms with Crippen LogP contribution >= 0.6 is 0 Å². The van der Waals surface area contributed by atoms with E-state index in [1.165, 1.54) is 0 Å². The molecule has 2 aromatic carbocycles. The lowest BCUT2D eigenvalue weighted by Crippen LogP contribution is -2.52. The van der Waals surface area contributed by atoms with E-state index in [4.69, 9.17) is 10.5 Å². The molecular formula is C21H25N5O3. The topological polar surface area (TPSA) is 96.9 Å². The molecule has 3 N–H and O–H groups in total. The minimum Gasteiger partial charge on any atom is -0.495 e. The van der Waals surface area contributed by atoms with E-state index in [0.717, 1.165) is 10.9 Å². The van der Waals surface area contributed by atoms with Crippen molar-refractivity contribution in [2.24, 2.45) is 0 Å². The fourth-order valence-electron chi connectivity index (χ4n) is 3.66. The van der Waals surface area contributed by atoms with Gasteiger partial charge in [0.05, 0.1) is 24.9 Å². The van der Waals surface area contributed by atoms with Gasteiger partial charge in [-0.25, -0.2) is 0 Å². The molecule has 0 saturated carbocycles. The SMILES string of the molecule is COc1cc2nn(CC(O)N3CCN(C(=O)c4ccccc4)CC3)cc2cc1N. The zero-order valence-electron chi connectivity index (χ0n) is 16.4. The van der Waals surface area contributed by atoms with Crippen LogP contribution in [-0.2, 0) is 6.54 Å². The second-order valence-electron chi connectivity index (χ2n) is 7.18. The molecule has 1 atom stereocenters. The third-order valence-corrected chi connectivity index (χ3v) is 5.30. The maximum atomic E-state index is 12.6. The first kappa shape index (κ1) is 19.2. The van der Waals surface area contributed by atoms with Crippen molar-refractivity contribution in [3.05, 3.63) is 54.2 Å². The van der Waals surface area contributed by atoms with Crippen LogP contribution in [0.3, 0.4) is 0 Å². The van der Waals surface area contributed by atoms with Gasteiger partial charge in [0, 0.05) is 49.4 Å². The van der Waals surface area contributed by atoms with E-state index in [-0.39, 0.29) is 5.91 Å². The highest BCUT2D eigenvalue weighted by Gasteiger charge is 2.26. The molecule has 3 aromatic rings. The van der Waals surface area contributed by atoms with Crippen molar-refractivity contribution < 1.29 is 14.6 Å². The average molecular weight is 395 g/mol. The molecule has 1 aromatic heterocycles. The summed E-state index contributed by atoms with van der Waals surface area (Å²) in [7, 11) is 1.57. The number of ether oxygens (including phenoxy) is 1. The lowest BCUT2D eigenvalue weighted by molar-refractivity contribution is -0.0332. The smallest absolute Gasteiger partial charge is 0.253 e. The minimum absolute atomic E-state index is 0.0320. The van der Waals surface area contributed by atoms with E-state index < -0.39 is 6.23 Å². The molecule has 1 aliphatic heterocycles. The summed E-state index contributed by atoms with van der Waals surface area (Å²) < 4.78 is 6.95. The Balaban J connectivity index is 1.37. The zero-order chi connectivity index (χ0) is 20.4. The fraction of sp³-hybridized carbons (Fsp3) is 0.333. The summed E-state index contributed by atoms with van der Waals surface area (Å²) in [4.78, 5) is 16.4. The van der Waals surface area contributed by atoms with Gasteiger partial charge >= 0.3 is 0 Å². The molecule has 0 spiro atoms. The first-order valence-electron chi connectivity index (χ1n) is 9.62. The number of methoxy groups -OCH3 is 1. The highest BCUT2D eigenvalue weighted by molar-refractivity contribution is 5.94. The Kier molecular flexibility index (Phi) is 5.37. The maximum Gasteiger partial charge on any atom is 0.253 e. The lowest BCUT2D eigenvalue weighted by Gasteiger charge is -2.37. The molecule has 0 radical (unpaired) electrons. The second kappa shape index (κ2) is 8.10. The third-order valence-electron chi connectivity index (χ3n) is 5.30. The van der Waals surface area contributed by atoms with E-state index in [1.807, 2.05) is 52.4 Å². The number of nitrogen functional groups attached to an aromatic ring is 1. The number of fused-ring (bicyclic) bond motifs is 1. The van der Waals surface area contributed by atoms with Crippen LogP contribution < -0.4 is 10.5 Å². The normalized spacial score (nSPS) is 16.1. The molecule has 1 aliphatic rings. The van der Waals surface area contributed by atoms with Crippen molar-refractivity contribution in [1.82, 2.24) is 19.6 Å². The molecule has 1 amide bonds. The second-order valence-corrected chi connectivity index (χ2v) is 7.18. The standard InChI is InChI=1S/C21H25N5O3/c1-29-19-12-18-16(11-17(19)22)13-26(23-18)14-20(27)24-7-9-25(10-8-24)21(28)15-5-3-2-4-6-15/h2-6,11-13,20,27H,7-10,14,22H2,1H3. The molecule has 29 heavy (non-hydrogen) atoms. The quantitative estimate of drug-likeness (QED) is 0.634. The Hall–Kier alpha value is -3.10. The number of hydrogen-bond donors (Lipinski definition) is 2. The number of nitrogens with two attached hydrogens (primary N) is 1. The van der Waals surface area contributed by atoms with Crippen LogP contribution in [0, 0.1) is 0 Å². The molecule has 2 heterocycles. The minimum atomic E-state index is -0.683. The number of hydrogen-bond acceptors (Lipinski definition) is 6. The molecule has 8 nitrogen and oxygen atoms in total. The summed E-state index contributed by atoms with van der Waals surface area (Å²) >= 11 is 0. The summed E-state index contributed by atoms with van der Waals surface area (Å²) in [5.74, 6) is 0.618. The van der Waals surface area contributed by atoms with E-state index in [9.17, 15) is 9.90 Å². The van der Waals surface area contributed by atoms with Gasteiger partial charge in [-0.15, -0.1) is 0 Å². The maximum absolute atomic E-state index is 12.6. The number of benzene rings is 2. The number of piperazine rings is 1. The third kappa shape index (κ3) is 4.03. The molecule has 152 valence electrons. The number of anilines is 1. The Morgan fingerprint density at radius 2 is 1.93 bits per heavy atom. The van der Waals surface area contributed by atoms with Crippen LogP contribution in [0.25, 0.3) is 10.9 Å². The summed E-state index contributed by atoms with van der Waals surface area (Å²) in [5.41, 5.74) is 7.97. The molecule has 0 bridgehead atoms. The van der Waals surface area contributed by atoms with Gasteiger partial charge in [0.25, 0.3) is 5.91 Å². The van der Waals surface area contributed by atoms with E-state index in [2.05, 4.69) is 5.10 Å². The number of aromatic nitrogens is 2. The van der Waals surface area contributed by atoms with Gasteiger partial charge in [-0.05, 0) is 18.2 Å². The molecular weight excluding hydrogens is 370 g/mol. The van der Waals surface area contributed by atoms with E-state index in [1.54, 1.807) is 17.9 Å². The van der Waals surface area contributed by atoms with Crippen LogP contribution in [0.4, 0.5) is 5.69 Å². The largest absolute Gasteiger partial charge is 0.495 e. The number of rotatable bonds is 5. The highest BCUT2D eigenvalue weighted by atomic mass is 16.5. The molecule has 8 heteroatoms. The van der Waals surface area contributed by atoms with Gasteiger partial charge in [0.15, 0.2) is 0 Å². The monoisotopic (exact) mass is 395 g/mol. The van der Waals surface area contributed by atoms with Crippen molar-refractivity contribution in [2.45, 2.75) is 12.8 Å². The first-order chi connectivity index (χ1) is 14.0. The fourth-order valence-corrected chi connectivity index (χ4v) is 3.66.